The molecule has 0 bridgehead atoms. The third kappa shape index (κ3) is 3.51. The number of hydrogen-bond donors (Lipinski definition) is 2. The molecule has 0 saturated heterocycles. The van der Waals surface area contributed by atoms with Crippen LogP contribution in [-0.4, -0.2) is 18.4 Å². The number of para-hydroxylation sites is 1. The maximum atomic E-state index is 12.2. The van der Waals surface area contributed by atoms with Crippen molar-refractivity contribution >= 4 is 17.5 Å². The molecule has 2 aromatic carbocycles. The maximum Gasteiger partial charge on any atom is 0.319 e. The van der Waals surface area contributed by atoms with Crippen LogP contribution in [0.15, 0.2) is 48.5 Å². The van der Waals surface area contributed by atoms with Crippen LogP contribution in [0.3, 0.4) is 0 Å². The van der Waals surface area contributed by atoms with Crippen LogP contribution in [0.25, 0.3) is 0 Å². The van der Waals surface area contributed by atoms with Crippen LogP contribution in [0, 0.1) is 0 Å². The molecule has 2 N–H and O–H groups in total. The Bertz CT molecular complexity index is 743. The summed E-state index contributed by atoms with van der Waals surface area (Å²) in [5.74, 6) is 0.773. The molecule has 1 heterocycles. The molecule has 0 radical (unpaired) electrons. The first kappa shape index (κ1) is 15.1. The van der Waals surface area contributed by atoms with Gasteiger partial charge in [-0.2, -0.15) is 0 Å². The number of ketones is 1. The highest BCUT2D eigenvalue weighted by Crippen LogP contribution is 2.31. The summed E-state index contributed by atoms with van der Waals surface area (Å²) in [6.45, 7) is 2.07. The number of benzene rings is 2. The monoisotopic (exact) mass is 310 g/mol. The van der Waals surface area contributed by atoms with Gasteiger partial charge in [-0.25, -0.2) is 4.79 Å². The van der Waals surface area contributed by atoms with Crippen LogP contribution in [0.2, 0.25) is 0 Å². The molecule has 1 atom stereocenters. The van der Waals surface area contributed by atoms with Crippen LogP contribution in [0.1, 0.15) is 35.3 Å². The number of nitrogens with one attached hydrogen (secondary N) is 2. The lowest BCUT2D eigenvalue weighted by atomic mass is 10.0. The van der Waals surface area contributed by atoms with E-state index in [1.165, 1.54) is 6.92 Å². The number of hydrogen-bond acceptors (Lipinski definition) is 3. The van der Waals surface area contributed by atoms with Crippen molar-refractivity contribution in [3.05, 3.63) is 59.7 Å². The summed E-state index contributed by atoms with van der Waals surface area (Å²) in [5, 5.41) is 5.73. The van der Waals surface area contributed by atoms with Gasteiger partial charge in [0, 0.05) is 23.2 Å². The molecule has 2 amide bonds. The largest absolute Gasteiger partial charge is 0.493 e. The van der Waals surface area contributed by atoms with Gasteiger partial charge in [0.25, 0.3) is 0 Å². The maximum absolute atomic E-state index is 12.2. The van der Waals surface area contributed by atoms with Gasteiger partial charge in [0.2, 0.25) is 0 Å². The van der Waals surface area contributed by atoms with Crippen molar-refractivity contribution in [3.63, 3.8) is 0 Å². The Labute approximate surface area is 134 Å². The van der Waals surface area contributed by atoms with E-state index in [0.717, 1.165) is 17.7 Å². The molecule has 5 nitrogen and oxygen atoms in total. The zero-order chi connectivity index (χ0) is 16.2. The molecule has 3 rings (SSSR count). The van der Waals surface area contributed by atoms with E-state index in [4.69, 9.17) is 4.74 Å². The van der Waals surface area contributed by atoms with E-state index in [-0.39, 0.29) is 17.9 Å². The molecular weight excluding hydrogens is 292 g/mol. The normalized spacial score (nSPS) is 16.0. The SMILES string of the molecule is CC(=O)c1cccc(NC(=O)NC2CCOc3ccccc32)c1. The Kier molecular flexibility index (Phi) is 4.28. The minimum Gasteiger partial charge on any atom is -0.493 e. The van der Waals surface area contributed by atoms with Gasteiger partial charge < -0.3 is 15.4 Å². The molecule has 118 valence electrons. The molecule has 0 spiro atoms. The van der Waals surface area contributed by atoms with Crippen LogP contribution >= 0.6 is 0 Å². The van der Waals surface area contributed by atoms with E-state index in [0.29, 0.717) is 17.9 Å². The number of Topliss-reactive ketones (excluding diaryl/α,β-unsaturated/α-hetero) is 1. The number of urea groups is 1. The molecular formula is C18H18N2O3. The van der Waals surface area contributed by atoms with Gasteiger partial charge in [0.15, 0.2) is 5.78 Å². The van der Waals surface area contributed by atoms with Crippen molar-refractivity contribution < 1.29 is 14.3 Å². The summed E-state index contributed by atoms with van der Waals surface area (Å²) in [4.78, 5) is 23.6. The lowest BCUT2D eigenvalue weighted by Gasteiger charge is -2.26. The minimum absolute atomic E-state index is 0.0348. The van der Waals surface area contributed by atoms with E-state index < -0.39 is 0 Å². The molecule has 1 aliphatic heterocycles. The summed E-state index contributed by atoms with van der Waals surface area (Å²) in [6.07, 6.45) is 0.720. The average Bonchev–Trinajstić information content (AvgIpc) is 2.55. The third-order valence-electron chi connectivity index (χ3n) is 3.79. The number of rotatable bonds is 3. The van der Waals surface area contributed by atoms with Crippen LogP contribution in [-0.2, 0) is 0 Å². The average molecular weight is 310 g/mol. The predicted molar refractivity (Wildman–Crippen MR) is 87.9 cm³/mol. The minimum atomic E-state index is -0.299. The number of carbonyl (C=O) groups is 2. The summed E-state index contributed by atoms with van der Waals surface area (Å²) in [6, 6.07) is 14.2. The fraction of sp³-hybridized carbons (Fsp3) is 0.222. The van der Waals surface area contributed by atoms with Crippen molar-refractivity contribution in [3.8, 4) is 5.75 Å². The van der Waals surface area contributed by atoms with E-state index in [2.05, 4.69) is 10.6 Å². The van der Waals surface area contributed by atoms with Crippen LogP contribution in [0.4, 0.5) is 10.5 Å². The van der Waals surface area contributed by atoms with Crippen molar-refractivity contribution in [1.82, 2.24) is 5.32 Å². The number of anilines is 1. The van der Waals surface area contributed by atoms with E-state index in [1.54, 1.807) is 24.3 Å². The van der Waals surface area contributed by atoms with Crippen LogP contribution in [0.5, 0.6) is 5.75 Å². The molecule has 1 aliphatic rings. The second-order valence-corrected chi connectivity index (χ2v) is 5.46. The van der Waals surface area contributed by atoms with Gasteiger partial charge in [-0.1, -0.05) is 30.3 Å². The van der Waals surface area contributed by atoms with Gasteiger partial charge in [0.05, 0.1) is 12.6 Å². The first-order chi connectivity index (χ1) is 11.1. The smallest absolute Gasteiger partial charge is 0.319 e. The molecule has 23 heavy (non-hydrogen) atoms. The lowest BCUT2D eigenvalue weighted by molar-refractivity contribution is 0.101. The van der Waals surface area contributed by atoms with Gasteiger partial charge in [-0.3, -0.25) is 4.79 Å². The first-order valence-electron chi connectivity index (χ1n) is 7.54. The Morgan fingerprint density at radius 1 is 1.13 bits per heavy atom. The molecule has 0 aliphatic carbocycles. The Hall–Kier alpha value is -2.82. The van der Waals surface area contributed by atoms with Gasteiger partial charge in [-0.15, -0.1) is 0 Å². The van der Waals surface area contributed by atoms with Crippen molar-refractivity contribution in [2.75, 3.05) is 11.9 Å². The molecule has 0 saturated carbocycles. The Morgan fingerprint density at radius 3 is 2.78 bits per heavy atom. The molecule has 0 fully saturated rings. The Morgan fingerprint density at radius 2 is 1.96 bits per heavy atom. The quantitative estimate of drug-likeness (QED) is 0.852. The molecule has 0 aromatic heterocycles. The zero-order valence-corrected chi connectivity index (χ0v) is 12.8. The fourth-order valence-corrected chi connectivity index (χ4v) is 2.63. The molecule has 1 unspecified atom stereocenters. The zero-order valence-electron chi connectivity index (χ0n) is 12.8. The number of carbonyl (C=O) groups excluding carboxylic acids is 2. The number of fused-ring (bicyclic) bond motifs is 1. The van der Waals surface area contributed by atoms with Crippen LogP contribution < -0.4 is 15.4 Å². The van der Waals surface area contributed by atoms with Gasteiger partial charge in [0.1, 0.15) is 5.75 Å². The number of ether oxygens (including phenoxy) is 1. The predicted octanol–water partition coefficient (Wildman–Crippen LogP) is 3.53. The highest BCUT2D eigenvalue weighted by Gasteiger charge is 2.22. The third-order valence-corrected chi connectivity index (χ3v) is 3.79. The van der Waals surface area contributed by atoms with E-state index in [1.807, 2.05) is 24.3 Å². The molecule has 2 aromatic rings. The van der Waals surface area contributed by atoms with E-state index >= 15 is 0 Å². The van der Waals surface area contributed by atoms with Gasteiger partial charge in [-0.05, 0) is 25.1 Å². The Balaban J connectivity index is 1.69. The van der Waals surface area contributed by atoms with Gasteiger partial charge >= 0.3 is 6.03 Å². The highest BCUT2D eigenvalue weighted by molar-refractivity contribution is 5.96. The van der Waals surface area contributed by atoms with Crippen molar-refractivity contribution in [2.45, 2.75) is 19.4 Å². The van der Waals surface area contributed by atoms with E-state index in [9.17, 15) is 9.59 Å². The highest BCUT2D eigenvalue weighted by atomic mass is 16.5. The van der Waals surface area contributed by atoms with Crippen molar-refractivity contribution in [2.24, 2.45) is 0 Å². The number of amides is 2. The fourth-order valence-electron chi connectivity index (χ4n) is 2.63. The summed E-state index contributed by atoms with van der Waals surface area (Å²) >= 11 is 0. The summed E-state index contributed by atoms with van der Waals surface area (Å²) < 4.78 is 5.59. The topological polar surface area (TPSA) is 67.4 Å². The van der Waals surface area contributed by atoms with Crippen molar-refractivity contribution in [1.29, 1.82) is 0 Å². The standard InChI is InChI=1S/C18H18N2O3/c1-12(21)13-5-4-6-14(11-13)19-18(22)20-16-9-10-23-17-8-3-2-7-15(16)17/h2-8,11,16H,9-10H2,1H3,(H2,19,20,22). The second-order valence-electron chi connectivity index (χ2n) is 5.46. The first-order valence-corrected chi connectivity index (χ1v) is 7.54. The molecule has 5 heteroatoms. The summed E-state index contributed by atoms with van der Waals surface area (Å²) in [7, 11) is 0. The lowest BCUT2D eigenvalue weighted by Crippen LogP contribution is -2.35. The second kappa shape index (κ2) is 6.52. The summed E-state index contributed by atoms with van der Waals surface area (Å²) in [5.41, 5.74) is 2.14.